The minimum atomic E-state index is 0.417. The molecule has 11 rings (SSSR count). The third-order valence-electron chi connectivity index (χ3n) is 12.3. The molecule has 0 amide bonds. The molecule has 1 aliphatic heterocycles. The van der Waals surface area contributed by atoms with Crippen LogP contribution in [0.5, 0.6) is 0 Å². The third-order valence-corrected chi connectivity index (χ3v) is 12.3. The molecular formula is C58H43N3. The molecule has 0 N–H and O–H groups in total. The van der Waals surface area contributed by atoms with Gasteiger partial charge < -0.3 is 0 Å². The Morgan fingerprint density at radius 2 is 1.13 bits per heavy atom. The molecule has 290 valence electrons. The van der Waals surface area contributed by atoms with Gasteiger partial charge in [-0.1, -0.05) is 170 Å². The lowest BCUT2D eigenvalue weighted by Gasteiger charge is -2.15. The van der Waals surface area contributed by atoms with E-state index in [4.69, 9.17) is 9.98 Å². The molecule has 8 aromatic carbocycles. The molecule has 9 aromatic rings. The van der Waals surface area contributed by atoms with Crippen LogP contribution in [-0.4, -0.2) is 15.3 Å². The number of para-hydroxylation sites is 3. The van der Waals surface area contributed by atoms with Crippen molar-refractivity contribution in [2.45, 2.75) is 19.3 Å². The number of nitrogens with zero attached hydrogens (tertiary/aromatic N) is 3. The molecule has 2 heterocycles. The average Bonchev–Trinajstić information content (AvgIpc) is 3.44. The Morgan fingerprint density at radius 3 is 1.92 bits per heavy atom. The molecule has 61 heavy (non-hydrogen) atoms. The number of allylic oxidation sites excluding steroid dienone is 5. The highest BCUT2D eigenvalue weighted by molar-refractivity contribution is 6.05. The van der Waals surface area contributed by atoms with E-state index in [2.05, 4.69) is 223 Å². The quantitative estimate of drug-likeness (QED) is 0.158. The summed E-state index contributed by atoms with van der Waals surface area (Å²) in [6, 6.07) is 70.0. The van der Waals surface area contributed by atoms with Crippen molar-refractivity contribution in [2.24, 2.45) is 10.9 Å². The van der Waals surface area contributed by atoms with Gasteiger partial charge in [0, 0.05) is 28.4 Å². The number of aromatic nitrogens is 2. The Morgan fingerprint density at radius 1 is 0.492 bits per heavy atom. The fourth-order valence-electron chi connectivity index (χ4n) is 9.20. The first-order chi connectivity index (χ1) is 30.2. The minimum absolute atomic E-state index is 0.417. The van der Waals surface area contributed by atoms with Crippen LogP contribution >= 0.6 is 0 Å². The number of imidazole rings is 1. The molecular weight excluding hydrogens is 739 g/mol. The van der Waals surface area contributed by atoms with Crippen molar-refractivity contribution in [3.05, 3.63) is 230 Å². The van der Waals surface area contributed by atoms with Crippen LogP contribution in [0.3, 0.4) is 0 Å². The summed E-state index contributed by atoms with van der Waals surface area (Å²) in [6.45, 7) is 0. The largest absolute Gasteiger partial charge is 0.292 e. The number of benzene rings is 8. The van der Waals surface area contributed by atoms with E-state index in [1.807, 2.05) is 0 Å². The lowest BCUT2D eigenvalue weighted by Crippen LogP contribution is -2.09. The molecule has 0 saturated carbocycles. The highest BCUT2D eigenvalue weighted by atomic mass is 15.1. The van der Waals surface area contributed by atoms with Crippen molar-refractivity contribution in [2.75, 3.05) is 0 Å². The molecule has 0 spiro atoms. The summed E-state index contributed by atoms with van der Waals surface area (Å²) >= 11 is 0. The zero-order valence-electron chi connectivity index (χ0n) is 33.8. The van der Waals surface area contributed by atoms with Gasteiger partial charge in [0.2, 0.25) is 0 Å². The van der Waals surface area contributed by atoms with Gasteiger partial charge in [-0.15, -0.1) is 0 Å². The Kier molecular flexibility index (Phi) is 9.48. The SMILES string of the molecule is C1=CCC2CCC(c3ccccc3)=C(c3ccc(-c4cc(-c5ccc(-c6nc7ccccc7n6-c6ccccc6)cc5)cc(-c5cccc6ccccc56)c4)cc3)N=C2C=C1. The van der Waals surface area contributed by atoms with Gasteiger partial charge in [0.05, 0.1) is 16.7 Å². The molecule has 2 aliphatic rings. The van der Waals surface area contributed by atoms with Crippen molar-refractivity contribution in [3.63, 3.8) is 0 Å². The van der Waals surface area contributed by atoms with Crippen molar-refractivity contribution in [3.8, 4) is 50.5 Å². The number of hydrogen-bond donors (Lipinski definition) is 0. The fraction of sp³-hybridized carbons (Fsp3) is 0.0690. The van der Waals surface area contributed by atoms with E-state index in [1.165, 1.54) is 49.9 Å². The molecule has 0 fully saturated rings. The van der Waals surface area contributed by atoms with Crippen LogP contribution in [0.15, 0.2) is 223 Å². The second kappa shape index (κ2) is 15.9. The normalized spacial score (nSPS) is 15.1. The first-order valence-electron chi connectivity index (χ1n) is 21.3. The van der Waals surface area contributed by atoms with Crippen molar-refractivity contribution >= 4 is 38.8 Å². The van der Waals surface area contributed by atoms with Crippen LogP contribution in [0.4, 0.5) is 0 Å². The maximum absolute atomic E-state index is 5.45. The zero-order chi connectivity index (χ0) is 40.5. The highest BCUT2D eigenvalue weighted by Gasteiger charge is 2.23. The van der Waals surface area contributed by atoms with E-state index in [1.54, 1.807) is 0 Å². The maximum Gasteiger partial charge on any atom is 0.145 e. The summed E-state index contributed by atoms with van der Waals surface area (Å²) in [4.78, 5) is 10.6. The first kappa shape index (κ1) is 36.5. The molecule has 1 atom stereocenters. The van der Waals surface area contributed by atoms with Gasteiger partial charge in [-0.3, -0.25) is 9.56 Å². The first-order valence-corrected chi connectivity index (χ1v) is 21.3. The van der Waals surface area contributed by atoms with E-state index in [0.29, 0.717) is 5.92 Å². The standard InChI is InChI=1S/C58H43N3/c1-4-15-43(16-5-1)53-36-35-44-18-6-2-9-24-54(44)59-57(53)45-31-27-40(28-32-45)47-37-48(39-49(38-47)52-23-14-19-42-17-10-11-22-51(42)52)41-29-33-46(34-30-41)58-60-55-25-12-13-26-56(55)61(58)50-20-7-3-8-21-50/h1-17,19-34,37-39,44H,18,35-36H2. The summed E-state index contributed by atoms with van der Waals surface area (Å²) < 4.78 is 2.26. The monoisotopic (exact) mass is 781 g/mol. The van der Waals surface area contributed by atoms with Gasteiger partial charge in [-0.25, -0.2) is 4.98 Å². The van der Waals surface area contributed by atoms with Crippen LogP contribution in [0.25, 0.3) is 83.5 Å². The third kappa shape index (κ3) is 7.04. The van der Waals surface area contributed by atoms with Crippen LogP contribution < -0.4 is 0 Å². The van der Waals surface area contributed by atoms with Gasteiger partial charge in [0.15, 0.2) is 0 Å². The second-order valence-electron chi connectivity index (χ2n) is 16.1. The molecule has 1 unspecified atom stereocenters. The summed E-state index contributed by atoms with van der Waals surface area (Å²) in [5.41, 5.74) is 17.2. The predicted octanol–water partition coefficient (Wildman–Crippen LogP) is 15.1. The molecule has 1 aromatic heterocycles. The minimum Gasteiger partial charge on any atom is -0.292 e. The zero-order valence-corrected chi connectivity index (χ0v) is 33.8. The Balaban J connectivity index is 1.02. The van der Waals surface area contributed by atoms with E-state index in [-0.39, 0.29) is 0 Å². The highest BCUT2D eigenvalue weighted by Crippen LogP contribution is 2.40. The topological polar surface area (TPSA) is 30.2 Å². The maximum atomic E-state index is 5.45. The molecule has 1 aliphatic carbocycles. The summed E-state index contributed by atoms with van der Waals surface area (Å²) in [6.07, 6.45) is 11.9. The summed E-state index contributed by atoms with van der Waals surface area (Å²) in [5.74, 6) is 1.34. The molecule has 0 saturated heterocycles. The number of hydrogen-bond acceptors (Lipinski definition) is 2. The van der Waals surface area contributed by atoms with Crippen LogP contribution in [0.2, 0.25) is 0 Å². The average molecular weight is 782 g/mol. The smallest absolute Gasteiger partial charge is 0.145 e. The van der Waals surface area contributed by atoms with Gasteiger partial charge in [-0.2, -0.15) is 0 Å². The van der Waals surface area contributed by atoms with Gasteiger partial charge in [0.25, 0.3) is 0 Å². The fourth-order valence-corrected chi connectivity index (χ4v) is 9.20. The number of aliphatic imine (C=N–C) groups is 1. The van der Waals surface area contributed by atoms with Crippen LogP contribution in [0, 0.1) is 5.92 Å². The van der Waals surface area contributed by atoms with Gasteiger partial charge in [-0.05, 0) is 123 Å². The second-order valence-corrected chi connectivity index (χ2v) is 16.1. The molecule has 0 bridgehead atoms. The Bertz CT molecular complexity index is 3180. The number of fused-ring (bicyclic) bond motifs is 3. The molecule has 0 radical (unpaired) electrons. The Hall–Kier alpha value is -7.62. The predicted molar refractivity (Wildman–Crippen MR) is 257 cm³/mol. The van der Waals surface area contributed by atoms with E-state index >= 15 is 0 Å². The van der Waals surface area contributed by atoms with Crippen molar-refractivity contribution in [1.82, 2.24) is 9.55 Å². The van der Waals surface area contributed by atoms with Crippen molar-refractivity contribution in [1.29, 1.82) is 0 Å². The Labute approximate surface area is 357 Å². The summed E-state index contributed by atoms with van der Waals surface area (Å²) in [5, 5.41) is 2.48. The van der Waals surface area contributed by atoms with E-state index < -0.39 is 0 Å². The van der Waals surface area contributed by atoms with Gasteiger partial charge >= 0.3 is 0 Å². The molecule has 3 nitrogen and oxygen atoms in total. The van der Waals surface area contributed by atoms with E-state index in [0.717, 1.165) is 69.8 Å². The van der Waals surface area contributed by atoms with Crippen molar-refractivity contribution < 1.29 is 0 Å². The lowest BCUT2D eigenvalue weighted by atomic mass is 9.90. The summed E-state index contributed by atoms with van der Waals surface area (Å²) in [7, 11) is 0. The van der Waals surface area contributed by atoms with E-state index in [9.17, 15) is 0 Å². The van der Waals surface area contributed by atoms with Crippen LogP contribution in [0.1, 0.15) is 30.4 Å². The lowest BCUT2D eigenvalue weighted by molar-refractivity contribution is 0.654. The number of rotatable bonds is 7. The van der Waals surface area contributed by atoms with Gasteiger partial charge in [0.1, 0.15) is 5.82 Å². The van der Waals surface area contributed by atoms with Crippen LogP contribution in [-0.2, 0) is 0 Å². The molecule has 3 heteroatoms.